The Hall–Kier alpha value is -2.19. The molecule has 0 unspecified atom stereocenters. The zero-order valence-corrected chi connectivity index (χ0v) is 10.5. The zero-order chi connectivity index (χ0) is 13.2. The molecule has 0 radical (unpaired) electrons. The summed E-state index contributed by atoms with van der Waals surface area (Å²) in [7, 11) is -3.31. The molecule has 4 nitrogen and oxygen atoms in total. The van der Waals surface area contributed by atoms with Crippen LogP contribution in [0.15, 0.2) is 47.6 Å². The standard InChI is InChI=1S/C13H10N2O2S/c1-18(16,17)13-5-3-2-4-12(13)11-6-10(7-14)8-15-9-11/h2-6,8-9H,1H3. The second-order valence-corrected chi connectivity index (χ2v) is 5.83. The molecule has 0 saturated heterocycles. The average Bonchev–Trinajstić information content (AvgIpc) is 2.38. The molecule has 1 aromatic carbocycles. The van der Waals surface area contributed by atoms with Crippen molar-refractivity contribution in [2.75, 3.05) is 6.26 Å². The van der Waals surface area contributed by atoms with Crippen molar-refractivity contribution in [2.24, 2.45) is 0 Å². The Bertz CT molecular complexity index is 731. The Balaban J connectivity index is 2.69. The maximum absolute atomic E-state index is 11.7. The molecular weight excluding hydrogens is 248 g/mol. The van der Waals surface area contributed by atoms with Crippen molar-refractivity contribution in [2.45, 2.75) is 4.90 Å². The average molecular weight is 258 g/mol. The van der Waals surface area contributed by atoms with Gasteiger partial charge in [0, 0.05) is 29.8 Å². The minimum absolute atomic E-state index is 0.238. The van der Waals surface area contributed by atoms with Gasteiger partial charge >= 0.3 is 0 Å². The first-order valence-corrected chi connectivity index (χ1v) is 7.06. The van der Waals surface area contributed by atoms with Crippen molar-refractivity contribution in [3.05, 3.63) is 48.3 Å². The van der Waals surface area contributed by atoms with E-state index < -0.39 is 9.84 Å². The number of benzene rings is 1. The first kappa shape index (κ1) is 12.3. The van der Waals surface area contributed by atoms with E-state index in [1.165, 1.54) is 6.20 Å². The summed E-state index contributed by atoms with van der Waals surface area (Å²) in [6.45, 7) is 0. The van der Waals surface area contributed by atoms with Crippen LogP contribution in [-0.2, 0) is 9.84 Å². The molecule has 0 spiro atoms. The maximum Gasteiger partial charge on any atom is 0.176 e. The van der Waals surface area contributed by atoms with Crippen LogP contribution in [0.4, 0.5) is 0 Å². The van der Waals surface area contributed by atoms with Gasteiger partial charge in [-0.3, -0.25) is 4.98 Å². The molecule has 2 aromatic rings. The highest BCUT2D eigenvalue weighted by molar-refractivity contribution is 7.90. The van der Waals surface area contributed by atoms with Crippen LogP contribution in [0.2, 0.25) is 0 Å². The van der Waals surface area contributed by atoms with Gasteiger partial charge in [-0.2, -0.15) is 5.26 Å². The highest BCUT2D eigenvalue weighted by atomic mass is 32.2. The van der Waals surface area contributed by atoms with Crippen molar-refractivity contribution in [1.29, 1.82) is 5.26 Å². The normalized spacial score (nSPS) is 10.9. The number of rotatable bonds is 2. The molecule has 1 aromatic heterocycles. The van der Waals surface area contributed by atoms with Gasteiger partial charge in [0.25, 0.3) is 0 Å². The van der Waals surface area contributed by atoms with Crippen LogP contribution in [0.5, 0.6) is 0 Å². The minimum atomic E-state index is -3.31. The van der Waals surface area contributed by atoms with Gasteiger partial charge in [0.15, 0.2) is 9.84 Å². The van der Waals surface area contributed by atoms with E-state index in [1.54, 1.807) is 36.5 Å². The van der Waals surface area contributed by atoms with Crippen LogP contribution in [-0.4, -0.2) is 19.7 Å². The summed E-state index contributed by atoms with van der Waals surface area (Å²) in [6.07, 6.45) is 4.14. The molecule has 18 heavy (non-hydrogen) atoms. The fourth-order valence-electron chi connectivity index (χ4n) is 1.68. The molecule has 0 amide bonds. The summed E-state index contributed by atoms with van der Waals surface area (Å²) in [6, 6.07) is 10.3. The smallest absolute Gasteiger partial charge is 0.176 e. The lowest BCUT2D eigenvalue weighted by Gasteiger charge is -2.07. The molecule has 0 aliphatic heterocycles. The molecule has 0 N–H and O–H groups in total. The number of nitriles is 1. The summed E-state index contributed by atoms with van der Waals surface area (Å²) < 4.78 is 23.4. The lowest BCUT2D eigenvalue weighted by Crippen LogP contribution is -1.99. The molecule has 5 heteroatoms. The van der Waals surface area contributed by atoms with Crippen molar-refractivity contribution in [1.82, 2.24) is 4.98 Å². The number of hydrogen-bond donors (Lipinski definition) is 0. The number of pyridine rings is 1. The van der Waals surface area contributed by atoms with Gasteiger partial charge < -0.3 is 0 Å². The molecule has 2 rings (SSSR count). The molecule has 90 valence electrons. The SMILES string of the molecule is CS(=O)(=O)c1ccccc1-c1cncc(C#N)c1. The second-order valence-electron chi connectivity index (χ2n) is 3.84. The summed E-state index contributed by atoms with van der Waals surface area (Å²) in [4.78, 5) is 4.18. The third-order valence-electron chi connectivity index (χ3n) is 2.46. The van der Waals surface area contributed by atoms with E-state index in [4.69, 9.17) is 5.26 Å². The molecule has 1 heterocycles. The molecular formula is C13H10N2O2S. The van der Waals surface area contributed by atoms with Gasteiger partial charge in [-0.25, -0.2) is 8.42 Å². The highest BCUT2D eigenvalue weighted by Gasteiger charge is 2.14. The van der Waals surface area contributed by atoms with Gasteiger partial charge in [0.2, 0.25) is 0 Å². The van der Waals surface area contributed by atoms with Crippen molar-refractivity contribution in [3.8, 4) is 17.2 Å². The largest absolute Gasteiger partial charge is 0.263 e. The zero-order valence-electron chi connectivity index (χ0n) is 9.66. The first-order chi connectivity index (χ1) is 8.52. The van der Waals surface area contributed by atoms with Crippen LogP contribution in [0, 0.1) is 11.3 Å². The predicted molar refractivity (Wildman–Crippen MR) is 67.5 cm³/mol. The van der Waals surface area contributed by atoms with E-state index in [0.717, 1.165) is 6.26 Å². The van der Waals surface area contributed by atoms with Gasteiger partial charge in [-0.05, 0) is 12.1 Å². The minimum Gasteiger partial charge on any atom is -0.263 e. The van der Waals surface area contributed by atoms with Gasteiger partial charge in [0.1, 0.15) is 6.07 Å². The monoisotopic (exact) mass is 258 g/mol. The topological polar surface area (TPSA) is 70.8 Å². The Morgan fingerprint density at radius 1 is 1.22 bits per heavy atom. The van der Waals surface area contributed by atoms with Crippen molar-refractivity contribution >= 4 is 9.84 Å². The van der Waals surface area contributed by atoms with Gasteiger partial charge in [-0.1, -0.05) is 18.2 Å². The summed E-state index contributed by atoms with van der Waals surface area (Å²) in [5, 5.41) is 8.83. The van der Waals surface area contributed by atoms with Gasteiger partial charge in [-0.15, -0.1) is 0 Å². The summed E-state index contributed by atoms with van der Waals surface area (Å²) >= 11 is 0. The summed E-state index contributed by atoms with van der Waals surface area (Å²) in [5.41, 5.74) is 1.58. The Kier molecular flexibility index (Phi) is 3.13. The lowest BCUT2D eigenvalue weighted by atomic mass is 10.1. The second kappa shape index (κ2) is 4.59. The quantitative estimate of drug-likeness (QED) is 0.826. The number of nitrogens with zero attached hydrogens (tertiary/aromatic N) is 2. The number of aromatic nitrogens is 1. The van der Waals surface area contributed by atoms with E-state index in [1.807, 2.05) is 6.07 Å². The fourth-order valence-corrected chi connectivity index (χ4v) is 2.59. The van der Waals surface area contributed by atoms with Crippen LogP contribution in [0.3, 0.4) is 0 Å². The van der Waals surface area contributed by atoms with Crippen LogP contribution in [0.25, 0.3) is 11.1 Å². The highest BCUT2D eigenvalue weighted by Crippen LogP contribution is 2.26. The van der Waals surface area contributed by atoms with E-state index in [2.05, 4.69) is 4.98 Å². The molecule has 0 saturated carbocycles. The Labute approximate surface area is 105 Å². The van der Waals surface area contributed by atoms with Crippen LogP contribution in [0.1, 0.15) is 5.56 Å². The first-order valence-electron chi connectivity index (χ1n) is 5.17. The van der Waals surface area contributed by atoms with Gasteiger partial charge in [0.05, 0.1) is 10.5 Å². The lowest BCUT2D eigenvalue weighted by molar-refractivity contribution is 0.602. The summed E-state index contributed by atoms with van der Waals surface area (Å²) in [5.74, 6) is 0. The van der Waals surface area contributed by atoms with Crippen molar-refractivity contribution < 1.29 is 8.42 Å². The molecule has 0 bridgehead atoms. The number of sulfone groups is 1. The van der Waals surface area contributed by atoms with E-state index in [9.17, 15) is 8.42 Å². The number of hydrogen-bond acceptors (Lipinski definition) is 4. The van der Waals surface area contributed by atoms with E-state index in [0.29, 0.717) is 16.7 Å². The Morgan fingerprint density at radius 2 is 1.94 bits per heavy atom. The van der Waals surface area contributed by atoms with Crippen LogP contribution >= 0.6 is 0 Å². The van der Waals surface area contributed by atoms with Crippen LogP contribution < -0.4 is 0 Å². The molecule has 0 aliphatic carbocycles. The molecule has 0 aliphatic rings. The third kappa shape index (κ3) is 2.39. The third-order valence-corrected chi connectivity index (χ3v) is 3.62. The van der Waals surface area contributed by atoms with E-state index in [-0.39, 0.29) is 4.90 Å². The predicted octanol–water partition coefficient (Wildman–Crippen LogP) is 2.02. The molecule has 0 fully saturated rings. The van der Waals surface area contributed by atoms with Crippen molar-refractivity contribution in [3.63, 3.8) is 0 Å². The molecule has 0 atom stereocenters. The fraction of sp³-hybridized carbons (Fsp3) is 0.0769. The van der Waals surface area contributed by atoms with E-state index >= 15 is 0 Å². The maximum atomic E-state index is 11.7. The Morgan fingerprint density at radius 3 is 2.61 bits per heavy atom.